The summed E-state index contributed by atoms with van der Waals surface area (Å²) in [4.78, 5) is 21.6. The van der Waals surface area contributed by atoms with Crippen LogP contribution in [0.4, 0.5) is 4.79 Å². The van der Waals surface area contributed by atoms with Crippen molar-refractivity contribution in [2.45, 2.75) is 129 Å². The predicted octanol–water partition coefficient (Wildman–Crippen LogP) is 7.51. The van der Waals surface area contributed by atoms with E-state index < -0.39 is 7.92 Å². The number of amides is 1. The third kappa shape index (κ3) is 5.02. The number of hydrogen-bond acceptors (Lipinski definition) is 2. The van der Waals surface area contributed by atoms with Crippen molar-refractivity contribution in [1.82, 2.24) is 14.5 Å². The van der Waals surface area contributed by atoms with Crippen LogP contribution in [0.1, 0.15) is 103 Å². The number of rotatable bonds is 5. The molecule has 4 nitrogen and oxygen atoms in total. The van der Waals surface area contributed by atoms with Crippen LogP contribution in [-0.4, -0.2) is 43.9 Å². The molecular weight excluding hydrogens is 425 g/mol. The SMILES string of the molecule is Cc1cc2nc(P(C3CCCCC3)C3CCCCC3)n(C(=O)N(C(C)C)C(C)C)c2cc1C. The molecule has 182 valence electrons. The van der Waals surface area contributed by atoms with Gasteiger partial charge in [0, 0.05) is 12.1 Å². The van der Waals surface area contributed by atoms with E-state index in [0.717, 1.165) is 16.6 Å². The first kappa shape index (κ1) is 24.7. The fraction of sp³-hybridized carbons (Fsp3) is 0.714. The quantitative estimate of drug-likeness (QED) is 0.425. The van der Waals surface area contributed by atoms with Crippen LogP contribution in [-0.2, 0) is 0 Å². The van der Waals surface area contributed by atoms with Gasteiger partial charge in [0.2, 0.25) is 0 Å². The maximum Gasteiger partial charge on any atom is 0.330 e. The van der Waals surface area contributed by atoms with Crippen LogP contribution in [0.5, 0.6) is 0 Å². The molecule has 2 aliphatic carbocycles. The summed E-state index contributed by atoms with van der Waals surface area (Å²) in [5.41, 5.74) is 7.08. The molecule has 2 aromatic rings. The number of carbonyl (C=O) groups is 1. The van der Waals surface area contributed by atoms with Gasteiger partial charge in [-0.2, -0.15) is 0 Å². The average molecular weight is 470 g/mol. The molecule has 2 saturated carbocycles. The van der Waals surface area contributed by atoms with Crippen molar-refractivity contribution in [2.75, 3.05) is 0 Å². The Kier molecular flexibility index (Phi) is 7.83. The molecular formula is C28H44N3OP. The molecule has 1 heterocycles. The lowest BCUT2D eigenvalue weighted by Crippen LogP contribution is -2.47. The van der Waals surface area contributed by atoms with Gasteiger partial charge in [-0.15, -0.1) is 0 Å². The molecule has 33 heavy (non-hydrogen) atoms. The zero-order chi connectivity index (χ0) is 23.7. The molecule has 2 fully saturated rings. The van der Waals surface area contributed by atoms with Crippen LogP contribution in [0.25, 0.3) is 11.0 Å². The normalized spacial score (nSPS) is 18.7. The number of nitrogens with zero attached hydrogens (tertiary/aromatic N) is 3. The highest BCUT2D eigenvalue weighted by molar-refractivity contribution is 7.66. The van der Waals surface area contributed by atoms with Crippen LogP contribution in [0.2, 0.25) is 0 Å². The minimum atomic E-state index is -0.470. The third-order valence-corrected chi connectivity index (χ3v) is 11.3. The lowest BCUT2D eigenvalue weighted by molar-refractivity contribution is 0.168. The number of benzene rings is 1. The highest BCUT2D eigenvalue weighted by atomic mass is 31.1. The summed E-state index contributed by atoms with van der Waals surface area (Å²) < 4.78 is 2.08. The van der Waals surface area contributed by atoms with E-state index in [0.29, 0.717) is 11.3 Å². The molecule has 0 radical (unpaired) electrons. The first-order chi connectivity index (χ1) is 15.8. The van der Waals surface area contributed by atoms with Crippen LogP contribution in [0.3, 0.4) is 0 Å². The zero-order valence-corrected chi connectivity index (χ0v) is 22.6. The van der Waals surface area contributed by atoms with E-state index in [4.69, 9.17) is 4.98 Å². The Balaban J connectivity index is 1.91. The van der Waals surface area contributed by atoms with Gasteiger partial charge < -0.3 is 4.90 Å². The number of imidazole rings is 1. The van der Waals surface area contributed by atoms with Gasteiger partial charge in [-0.25, -0.2) is 14.3 Å². The van der Waals surface area contributed by atoms with Crippen molar-refractivity contribution in [3.8, 4) is 0 Å². The topological polar surface area (TPSA) is 38.1 Å². The summed E-state index contributed by atoms with van der Waals surface area (Å²) in [6, 6.07) is 4.87. The molecule has 0 spiro atoms. The smallest absolute Gasteiger partial charge is 0.319 e. The Hall–Kier alpha value is -1.41. The second-order valence-electron chi connectivity index (χ2n) is 11.0. The maximum atomic E-state index is 14.2. The predicted molar refractivity (Wildman–Crippen MR) is 142 cm³/mol. The van der Waals surface area contributed by atoms with E-state index in [1.165, 1.54) is 75.3 Å². The van der Waals surface area contributed by atoms with Crippen LogP contribution in [0, 0.1) is 13.8 Å². The summed E-state index contributed by atoms with van der Waals surface area (Å²) >= 11 is 0. The Morgan fingerprint density at radius 1 is 0.879 bits per heavy atom. The van der Waals surface area contributed by atoms with Crippen molar-refractivity contribution < 1.29 is 4.79 Å². The second-order valence-corrected chi connectivity index (χ2v) is 13.7. The highest BCUT2D eigenvalue weighted by Gasteiger charge is 2.38. The summed E-state index contributed by atoms with van der Waals surface area (Å²) in [6.45, 7) is 12.9. The van der Waals surface area contributed by atoms with E-state index in [-0.39, 0.29) is 18.1 Å². The molecule has 1 amide bonds. The monoisotopic (exact) mass is 469 g/mol. The zero-order valence-electron chi connectivity index (χ0n) is 21.7. The fourth-order valence-corrected chi connectivity index (χ4v) is 9.92. The average Bonchev–Trinajstić information content (AvgIpc) is 3.12. The molecule has 2 aliphatic rings. The summed E-state index contributed by atoms with van der Waals surface area (Å²) in [7, 11) is -0.470. The van der Waals surface area contributed by atoms with Gasteiger partial charge in [0.25, 0.3) is 0 Å². The highest BCUT2D eigenvalue weighted by Crippen LogP contribution is 2.55. The summed E-state index contributed by atoms with van der Waals surface area (Å²) in [5, 5.41) is 0. The number of carbonyl (C=O) groups excluding carboxylic acids is 1. The molecule has 0 atom stereocenters. The van der Waals surface area contributed by atoms with Crippen LogP contribution < -0.4 is 5.57 Å². The number of hydrogen-bond donors (Lipinski definition) is 0. The van der Waals surface area contributed by atoms with E-state index in [1.54, 1.807) is 0 Å². The first-order valence-electron chi connectivity index (χ1n) is 13.4. The standard InChI is InChI=1S/C28H44N3OP/c1-19(2)30(20(3)4)28(32)31-26-18-22(6)21(5)17-25(26)29-27(31)33(23-13-9-7-10-14-23)24-15-11-8-12-16-24/h17-20,23-24H,7-16H2,1-6H3. The minimum Gasteiger partial charge on any atom is -0.319 e. The molecule has 5 heteroatoms. The van der Waals surface area contributed by atoms with Gasteiger partial charge in [0.05, 0.1) is 11.0 Å². The third-order valence-electron chi connectivity index (χ3n) is 7.94. The van der Waals surface area contributed by atoms with E-state index in [9.17, 15) is 4.79 Å². The minimum absolute atomic E-state index is 0.125. The Morgan fingerprint density at radius 2 is 1.36 bits per heavy atom. The molecule has 0 N–H and O–H groups in total. The number of fused-ring (bicyclic) bond motifs is 1. The van der Waals surface area contributed by atoms with Gasteiger partial charge >= 0.3 is 6.03 Å². The molecule has 0 bridgehead atoms. The Bertz CT molecular complexity index is 941. The maximum absolute atomic E-state index is 14.2. The van der Waals surface area contributed by atoms with E-state index in [1.807, 2.05) is 0 Å². The first-order valence-corrected chi connectivity index (χ1v) is 14.9. The van der Waals surface area contributed by atoms with Crippen LogP contribution >= 0.6 is 7.92 Å². The van der Waals surface area contributed by atoms with Crippen molar-refractivity contribution >= 4 is 30.6 Å². The Morgan fingerprint density at radius 3 is 1.85 bits per heavy atom. The van der Waals surface area contributed by atoms with Crippen molar-refractivity contribution in [3.05, 3.63) is 23.3 Å². The number of aromatic nitrogens is 2. The van der Waals surface area contributed by atoms with Crippen molar-refractivity contribution in [2.24, 2.45) is 0 Å². The van der Waals surface area contributed by atoms with Crippen LogP contribution in [0.15, 0.2) is 12.1 Å². The lowest BCUT2D eigenvalue weighted by Gasteiger charge is -2.38. The van der Waals surface area contributed by atoms with Gasteiger partial charge in [0.15, 0.2) is 0 Å². The van der Waals surface area contributed by atoms with Gasteiger partial charge in [-0.05, 0) is 110 Å². The van der Waals surface area contributed by atoms with Gasteiger partial charge in [-0.1, -0.05) is 38.5 Å². The molecule has 4 rings (SSSR count). The van der Waals surface area contributed by atoms with Crippen molar-refractivity contribution in [1.29, 1.82) is 0 Å². The fourth-order valence-electron chi connectivity index (χ4n) is 6.18. The second kappa shape index (κ2) is 10.5. The largest absolute Gasteiger partial charge is 0.330 e. The molecule has 0 saturated heterocycles. The van der Waals surface area contributed by atoms with E-state index >= 15 is 0 Å². The van der Waals surface area contributed by atoms with Gasteiger partial charge in [-0.3, -0.25) is 0 Å². The number of aryl methyl sites for hydroxylation is 2. The molecule has 1 aromatic carbocycles. The van der Waals surface area contributed by atoms with E-state index in [2.05, 4.69) is 63.1 Å². The summed E-state index contributed by atoms with van der Waals surface area (Å²) in [5.74, 6) is 0. The molecule has 1 aromatic heterocycles. The molecule has 0 unspecified atom stereocenters. The Labute approximate surface area is 202 Å². The lowest BCUT2D eigenvalue weighted by atomic mass is 9.99. The molecule has 0 aliphatic heterocycles. The summed E-state index contributed by atoms with van der Waals surface area (Å²) in [6.07, 6.45) is 13.4. The van der Waals surface area contributed by atoms with Gasteiger partial charge in [0.1, 0.15) is 5.57 Å². The van der Waals surface area contributed by atoms with Crippen molar-refractivity contribution in [3.63, 3.8) is 0 Å².